The van der Waals surface area contributed by atoms with E-state index in [1.807, 2.05) is 6.07 Å². The topological polar surface area (TPSA) is 55.7 Å². The number of aromatic hydroxyl groups is 2. The maximum atomic E-state index is 9.63. The maximum Gasteiger partial charge on any atom is 0.161 e. The first-order chi connectivity index (χ1) is 8.77. The van der Waals surface area contributed by atoms with Crippen molar-refractivity contribution in [1.29, 1.82) is 0 Å². The van der Waals surface area contributed by atoms with Crippen LogP contribution in [0.1, 0.15) is 24.8 Å². The molecule has 0 aromatic heterocycles. The fraction of sp³-hybridized carbons (Fsp3) is 0.571. The third kappa shape index (κ3) is 3.62. The Balaban J connectivity index is 1.64. The molecular formula is C14H22N2O2. The quantitative estimate of drug-likeness (QED) is 0.531. The van der Waals surface area contributed by atoms with Crippen LogP contribution in [0.2, 0.25) is 0 Å². The van der Waals surface area contributed by atoms with Crippen LogP contribution in [-0.2, 0) is 6.54 Å². The first kappa shape index (κ1) is 13.2. The molecule has 0 spiro atoms. The molecule has 1 saturated heterocycles. The normalized spacial score (nSPS) is 16.2. The zero-order valence-corrected chi connectivity index (χ0v) is 10.7. The highest BCUT2D eigenvalue weighted by atomic mass is 16.3. The molecule has 3 N–H and O–H groups in total. The molecule has 4 heteroatoms. The van der Waals surface area contributed by atoms with Gasteiger partial charge in [0.2, 0.25) is 0 Å². The molecule has 0 unspecified atom stereocenters. The molecule has 1 aromatic rings. The minimum Gasteiger partial charge on any atom is -0.504 e. The van der Waals surface area contributed by atoms with E-state index < -0.39 is 0 Å². The third-order valence-electron chi connectivity index (χ3n) is 3.44. The van der Waals surface area contributed by atoms with Crippen molar-refractivity contribution >= 4 is 0 Å². The largest absolute Gasteiger partial charge is 0.504 e. The van der Waals surface area contributed by atoms with Gasteiger partial charge in [-0.2, -0.15) is 0 Å². The second-order valence-electron chi connectivity index (χ2n) is 4.86. The highest BCUT2D eigenvalue weighted by molar-refractivity contribution is 5.44. The number of nitrogens with one attached hydrogen (secondary N) is 1. The van der Waals surface area contributed by atoms with E-state index in [0.717, 1.165) is 25.1 Å². The predicted octanol–water partition coefficient (Wildman–Crippen LogP) is 1.67. The zero-order valence-electron chi connectivity index (χ0n) is 10.7. The van der Waals surface area contributed by atoms with E-state index in [0.29, 0.717) is 6.54 Å². The highest BCUT2D eigenvalue weighted by Gasteiger charge is 2.10. The monoisotopic (exact) mass is 250 g/mol. The van der Waals surface area contributed by atoms with Crippen LogP contribution in [0.15, 0.2) is 18.2 Å². The number of benzene rings is 1. The van der Waals surface area contributed by atoms with E-state index in [9.17, 15) is 10.2 Å². The second kappa shape index (κ2) is 6.61. The fourth-order valence-electron chi connectivity index (χ4n) is 2.38. The standard InChI is InChI=1S/C14H22N2O2/c17-13-6-3-5-12(14(13)18)11-15-7-4-10-16-8-1-2-9-16/h3,5-6,15,17-18H,1-2,4,7-11H2. The first-order valence-corrected chi connectivity index (χ1v) is 6.70. The van der Waals surface area contributed by atoms with Gasteiger partial charge in [-0.3, -0.25) is 0 Å². The lowest BCUT2D eigenvalue weighted by Gasteiger charge is -2.14. The Morgan fingerprint density at radius 1 is 1.17 bits per heavy atom. The van der Waals surface area contributed by atoms with Crippen LogP contribution in [0.3, 0.4) is 0 Å². The van der Waals surface area contributed by atoms with E-state index in [1.165, 1.54) is 32.0 Å². The van der Waals surface area contributed by atoms with Crippen LogP contribution in [0.25, 0.3) is 0 Å². The number of rotatable bonds is 6. The molecule has 1 aliphatic rings. The molecule has 1 aromatic carbocycles. The summed E-state index contributed by atoms with van der Waals surface area (Å²) in [6, 6.07) is 5.06. The van der Waals surface area contributed by atoms with Crippen LogP contribution in [0.5, 0.6) is 11.5 Å². The highest BCUT2D eigenvalue weighted by Crippen LogP contribution is 2.27. The molecule has 0 bridgehead atoms. The number of hydrogen-bond acceptors (Lipinski definition) is 4. The van der Waals surface area contributed by atoms with Crippen molar-refractivity contribution in [1.82, 2.24) is 10.2 Å². The lowest BCUT2D eigenvalue weighted by Crippen LogP contribution is -2.24. The van der Waals surface area contributed by atoms with Crippen LogP contribution in [-0.4, -0.2) is 41.3 Å². The lowest BCUT2D eigenvalue weighted by atomic mass is 10.2. The number of nitrogens with zero attached hydrogens (tertiary/aromatic N) is 1. The zero-order chi connectivity index (χ0) is 12.8. The summed E-state index contributed by atoms with van der Waals surface area (Å²) in [7, 11) is 0. The van der Waals surface area contributed by atoms with Gasteiger partial charge < -0.3 is 20.4 Å². The average molecular weight is 250 g/mol. The maximum absolute atomic E-state index is 9.63. The third-order valence-corrected chi connectivity index (χ3v) is 3.44. The molecule has 4 nitrogen and oxygen atoms in total. The van der Waals surface area contributed by atoms with Gasteiger partial charge in [0, 0.05) is 12.1 Å². The van der Waals surface area contributed by atoms with Crippen LogP contribution in [0, 0.1) is 0 Å². The Labute approximate surface area is 108 Å². The van der Waals surface area contributed by atoms with Gasteiger partial charge in [-0.25, -0.2) is 0 Å². The average Bonchev–Trinajstić information content (AvgIpc) is 2.87. The summed E-state index contributed by atoms with van der Waals surface area (Å²) in [6.07, 6.45) is 3.80. The van der Waals surface area contributed by atoms with Crippen LogP contribution >= 0.6 is 0 Å². The number of para-hydroxylation sites is 1. The Hall–Kier alpha value is -1.26. The molecular weight excluding hydrogens is 228 g/mol. The van der Waals surface area contributed by atoms with Gasteiger partial charge >= 0.3 is 0 Å². The summed E-state index contributed by atoms with van der Waals surface area (Å²) in [5, 5.41) is 22.3. The van der Waals surface area contributed by atoms with Gasteiger partial charge in [0.15, 0.2) is 11.5 Å². The molecule has 0 amide bonds. The fourth-order valence-corrected chi connectivity index (χ4v) is 2.38. The minimum absolute atomic E-state index is 0.00968. The predicted molar refractivity (Wildman–Crippen MR) is 71.8 cm³/mol. The Morgan fingerprint density at radius 3 is 2.72 bits per heavy atom. The van der Waals surface area contributed by atoms with Crippen molar-refractivity contribution in [3.05, 3.63) is 23.8 Å². The molecule has 0 atom stereocenters. The van der Waals surface area contributed by atoms with Crippen molar-refractivity contribution < 1.29 is 10.2 Å². The van der Waals surface area contributed by atoms with Gasteiger partial charge in [-0.05, 0) is 51.5 Å². The molecule has 0 radical (unpaired) electrons. The van der Waals surface area contributed by atoms with Gasteiger partial charge in [-0.15, -0.1) is 0 Å². The molecule has 0 saturated carbocycles. The number of phenols is 2. The van der Waals surface area contributed by atoms with Crippen LogP contribution in [0.4, 0.5) is 0 Å². The van der Waals surface area contributed by atoms with Crippen molar-refractivity contribution in [3.63, 3.8) is 0 Å². The van der Waals surface area contributed by atoms with Gasteiger partial charge in [0.25, 0.3) is 0 Å². The smallest absolute Gasteiger partial charge is 0.161 e. The lowest BCUT2D eigenvalue weighted by molar-refractivity contribution is 0.330. The SMILES string of the molecule is Oc1cccc(CNCCCN2CCCC2)c1O. The Bertz CT molecular complexity index is 376. The molecule has 100 valence electrons. The van der Waals surface area contributed by atoms with Gasteiger partial charge in [0.05, 0.1) is 0 Å². The Morgan fingerprint density at radius 2 is 1.94 bits per heavy atom. The van der Waals surface area contributed by atoms with Gasteiger partial charge in [0.1, 0.15) is 0 Å². The van der Waals surface area contributed by atoms with E-state index in [4.69, 9.17) is 0 Å². The number of phenolic OH excluding ortho intramolecular Hbond substituents is 2. The summed E-state index contributed by atoms with van der Waals surface area (Å²) in [5.74, 6) is -0.0593. The summed E-state index contributed by atoms with van der Waals surface area (Å²) in [5.41, 5.74) is 0.746. The molecule has 0 aliphatic carbocycles. The van der Waals surface area contributed by atoms with Crippen LogP contribution < -0.4 is 5.32 Å². The summed E-state index contributed by atoms with van der Waals surface area (Å²) < 4.78 is 0. The summed E-state index contributed by atoms with van der Waals surface area (Å²) >= 11 is 0. The van der Waals surface area contributed by atoms with Crippen molar-refractivity contribution in [2.45, 2.75) is 25.8 Å². The summed E-state index contributed by atoms with van der Waals surface area (Å²) in [4.78, 5) is 2.49. The first-order valence-electron chi connectivity index (χ1n) is 6.70. The second-order valence-corrected chi connectivity index (χ2v) is 4.86. The van der Waals surface area contributed by atoms with E-state index in [2.05, 4.69) is 10.2 Å². The molecule has 1 aliphatic heterocycles. The van der Waals surface area contributed by atoms with E-state index >= 15 is 0 Å². The molecule has 2 rings (SSSR count). The summed E-state index contributed by atoms with van der Waals surface area (Å²) in [6.45, 7) is 5.17. The number of likely N-dealkylation sites (tertiary alicyclic amines) is 1. The van der Waals surface area contributed by atoms with Crippen molar-refractivity contribution in [2.75, 3.05) is 26.2 Å². The minimum atomic E-state index is -0.0497. The van der Waals surface area contributed by atoms with Crippen molar-refractivity contribution in [3.8, 4) is 11.5 Å². The van der Waals surface area contributed by atoms with E-state index in [1.54, 1.807) is 6.07 Å². The number of hydrogen-bond donors (Lipinski definition) is 3. The molecule has 1 heterocycles. The van der Waals surface area contributed by atoms with Gasteiger partial charge in [-0.1, -0.05) is 12.1 Å². The Kier molecular flexibility index (Phi) is 4.84. The molecule has 1 fully saturated rings. The molecule has 18 heavy (non-hydrogen) atoms. The van der Waals surface area contributed by atoms with Crippen molar-refractivity contribution in [2.24, 2.45) is 0 Å². The van der Waals surface area contributed by atoms with E-state index in [-0.39, 0.29) is 11.5 Å².